The van der Waals surface area contributed by atoms with E-state index in [1.807, 2.05) is 12.1 Å². The minimum atomic E-state index is -4.46. The molecule has 31 heavy (non-hydrogen) atoms. The molecule has 0 aliphatic carbocycles. The highest BCUT2D eigenvalue weighted by Gasteiger charge is 2.18. The summed E-state index contributed by atoms with van der Waals surface area (Å²) in [6.07, 6.45) is 3.40. The predicted molar refractivity (Wildman–Crippen MR) is 117 cm³/mol. The van der Waals surface area contributed by atoms with Crippen LogP contribution >= 0.6 is 0 Å². The number of fused-ring (bicyclic) bond motifs is 1. The Labute approximate surface area is 178 Å². The maximum Gasteiger partial charge on any atom is 0.295 e. The number of azo groups is 1. The van der Waals surface area contributed by atoms with Gasteiger partial charge in [0, 0.05) is 23.2 Å². The summed E-state index contributed by atoms with van der Waals surface area (Å²) in [7, 11) is -4.46. The lowest BCUT2D eigenvalue weighted by Gasteiger charge is -2.09. The van der Waals surface area contributed by atoms with Crippen LogP contribution in [-0.2, 0) is 16.7 Å². The molecule has 0 aliphatic rings. The summed E-state index contributed by atoms with van der Waals surface area (Å²) in [5.74, 6) is 0.662. The van der Waals surface area contributed by atoms with Crippen LogP contribution in [0.3, 0.4) is 0 Å². The van der Waals surface area contributed by atoms with Crippen molar-refractivity contribution in [3.05, 3.63) is 84.7 Å². The number of benzene rings is 3. The van der Waals surface area contributed by atoms with Gasteiger partial charge < -0.3 is 10.5 Å². The number of hydrogen-bond donors (Lipinski definition) is 2. The Kier molecular flexibility index (Phi) is 5.61. The van der Waals surface area contributed by atoms with Gasteiger partial charge in [-0.1, -0.05) is 24.3 Å². The van der Waals surface area contributed by atoms with Crippen LogP contribution in [0.5, 0.6) is 5.75 Å². The van der Waals surface area contributed by atoms with Gasteiger partial charge in [0.1, 0.15) is 22.9 Å². The van der Waals surface area contributed by atoms with E-state index in [2.05, 4.69) is 15.2 Å². The fourth-order valence-corrected chi connectivity index (χ4v) is 3.73. The Hall–Kier alpha value is -3.82. The van der Waals surface area contributed by atoms with Crippen molar-refractivity contribution in [2.45, 2.75) is 11.5 Å². The Bertz CT molecular complexity index is 1360. The highest BCUT2D eigenvalue weighted by atomic mass is 32.2. The van der Waals surface area contributed by atoms with Gasteiger partial charge in [-0.15, -0.1) is 5.11 Å². The third-order valence-corrected chi connectivity index (χ3v) is 5.46. The van der Waals surface area contributed by atoms with Crippen LogP contribution in [-0.4, -0.2) is 18.0 Å². The zero-order valence-corrected chi connectivity index (χ0v) is 17.0. The van der Waals surface area contributed by atoms with E-state index in [0.29, 0.717) is 28.8 Å². The molecule has 0 fully saturated rings. The first-order valence-electron chi connectivity index (χ1n) is 9.24. The van der Waals surface area contributed by atoms with Gasteiger partial charge in [0.25, 0.3) is 10.1 Å². The van der Waals surface area contributed by atoms with Crippen LogP contribution in [0.1, 0.15) is 5.56 Å². The second kappa shape index (κ2) is 8.50. The van der Waals surface area contributed by atoms with E-state index in [9.17, 15) is 13.0 Å². The lowest BCUT2D eigenvalue weighted by Crippen LogP contribution is -2.01. The molecule has 3 N–H and O–H groups in total. The topological polar surface area (TPSA) is 127 Å². The molecule has 0 amide bonds. The van der Waals surface area contributed by atoms with Gasteiger partial charge in [0.2, 0.25) is 0 Å². The van der Waals surface area contributed by atoms with E-state index < -0.39 is 10.1 Å². The van der Waals surface area contributed by atoms with Gasteiger partial charge in [0.05, 0.1) is 11.4 Å². The van der Waals surface area contributed by atoms with E-state index in [4.69, 9.17) is 10.5 Å². The molecule has 0 aliphatic heterocycles. The summed E-state index contributed by atoms with van der Waals surface area (Å²) in [5.41, 5.74) is 8.10. The van der Waals surface area contributed by atoms with Gasteiger partial charge in [-0.05, 0) is 48.0 Å². The number of nitrogens with two attached hydrogens (primary N) is 1. The largest absolute Gasteiger partial charge is 0.489 e. The standard InChI is InChI=1S/C22H18N4O4S/c23-22-19-4-2-1-3-18(19)21(31(27,28)29)13-20(22)26-25-16-5-7-17(8-6-16)30-14-15-9-11-24-12-10-15/h1-13H,14,23H2,(H,27,28,29). The average Bonchev–Trinajstić information content (AvgIpc) is 2.78. The van der Waals surface area contributed by atoms with Crippen LogP contribution in [0, 0.1) is 0 Å². The summed E-state index contributed by atoms with van der Waals surface area (Å²) >= 11 is 0. The summed E-state index contributed by atoms with van der Waals surface area (Å²) in [6, 6.07) is 18.5. The molecular weight excluding hydrogens is 416 g/mol. The third-order valence-electron chi connectivity index (χ3n) is 4.57. The minimum Gasteiger partial charge on any atom is -0.489 e. The molecule has 0 radical (unpaired) electrons. The number of rotatable bonds is 6. The third kappa shape index (κ3) is 4.68. The fourth-order valence-electron chi connectivity index (χ4n) is 3.01. The molecule has 3 aromatic carbocycles. The molecule has 0 spiro atoms. The lowest BCUT2D eigenvalue weighted by molar-refractivity contribution is 0.306. The van der Waals surface area contributed by atoms with Crippen molar-refractivity contribution >= 4 is 38.0 Å². The number of pyridine rings is 1. The molecule has 0 saturated heterocycles. The van der Waals surface area contributed by atoms with E-state index in [1.165, 1.54) is 6.07 Å². The maximum absolute atomic E-state index is 11.8. The van der Waals surface area contributed by atoms with Crippen molar-refractivity contribution in [2.24, 2.45) is 10.2 Å². The van der Waals surface area contributed by atoms with E-state index in [0.717, 1.165) is 5.56 Å². The van der Waals surface area contributed by atoms with Crippen LogP contribution in [0.4, 0.5) is 17.1 Å². The zero-order valence-electron chi connectivity index (χ0n) is 16.2. The van der Waals surface area contributed by atoms with Crippen LogP contribution in [0.15, 0.2) is 94.2 Å². The van der Waals surface area contributed by atoms with Crippen LogP contribution in [0.25, 0.3) is 10.8 Å². The van der Waals surface area contributed by atoms with Gasteiger partial charge in [0.15, 0.2) is 0 Å². The van der Waals surface area contributed by atoms with Crippen molar-refractivity contribution in [3.8, 4) is 5.75 Å². The van der Waals surface area contributed by atoms with Gasteiger partial charge in [-0.2, -0.15) is 13.5 Å². The summed E-state index contributed by atoms with van der Waals surface area (Å²) in [6.45, 7) is 0.412. The molecular formula is C22H18N4O4S. The number of ether oxygens (including phenoxy) is 1. The van der Waals surface area contributed by atoms with Crippen molar-refractivity contribution in [1.82, 2.24) is 4.98 Å². The Morgan fingerprint density at radius 1 is 0.935 bits per heavy atom. The molecule has 4 aromatic rings. The predicted octanol–water partition coefficient (Wildman–Crippen LogP) is 5.06. The van der Waals surface area contributed by atoms with E-state index in [-0.39, 0.29) is 16.3 Å². The van der Waals surface area contributed by atoms with Gasteiger partial charge in [-0.25, -0.2) is 0 Å². The van der Waals surface area contributed by atoms with Crippen molar-refractivity contribution in [3.63, 3.8) is 0 Å². The number of nitrogens with zero attached hydrogens (tertiary/aromatic N) is 3. The SMILES string of the molecule is Nc1c(N=Nc2ccc(OCc3ccncc3)cc2)cc(S(=O)(=O)O)c2ccccc12. The molecule has 4 rings (SSSR count). The molecule has 1 heterocycles. The quantitative estimate of drug-likeness (QED) is 0.248. The molecule has 0 bridgehead atoms. The second-order valence-corrected chi connectivity index (χ2v) is 8.06. The fraction of sp³-hybridized carbons (Fsp3) is 0.0455. The molecule has 1 aromatic heterocycles. The maximum atomic E-state index is 11.8. The highest BCUT2D eigenvalue weighted by molar-refractivity contribution is 7.86. The Morgan fingerprint density at radius 2 is 1.61 bits per heavy atom. The average molecular weight is 434 g/mol. The number of anilines is 1. The Morgan fingerprint density at radius 3 is 2.29 bits per heavy atom. The molecule has 156 valence electrons. The smallest absolute Gasteiger partial charge is 0.295 e. The zero-order chi connectivity index (χ0) is 21.8. The summed E-state index contributed by atoms with van der Waals surface area (Å²) < 4.78 is 38.9. The van der Waals surface area contributed by atoms with Crippen molar-refractivity contribution in [2.75, 3.05) is 5.73 Å². The number of hydrogen-bond acceptors (Lipinski definition) is 7. The molecule has 8 nitrogen and oxygen atoms in total. The van der Waals surface area contributed by atoms with Gasteiger partial charge in [-0.3, -0.25) is 9.54 Å². The monoisotopic (exact) mass is 434 g/mol. The normalized spacial score (nSPS) is 11.8. The van der Waals surface area contributed by atoms with Crippen LogP contribution < -0.4 is 10.5 Å². The van der Waals surface area contributed by atoms with E-state index in [1.54, 1.807) is 60.9 Å². The lowest BCUT2D eigenvalue weighted by atomic mass is 10.1. The molecule has 9 heteroatoms. The molecule has 0 atom stereocenters. The molecule has 0 saturated carbocycles. The summed E-state index contributed by atoms with van der Waals surface area (Å²) in [4.78, 5) is 3.69. The second-order valence-electron chi connectivity index (χ2n) is 6.67. The van der Waals surface area contributed by atoms with Crippen molar-refractivity contribution < 1.29 is 17.7 Å². The number of aromatic nitrogens is 1. The van der Waals surface area contributed by atoms with E-state index >= 15 is 0 Å². The first kappa shape index (κ1) is 20.5. The van der Waals surface area contributed by atoms with Crippen molar-refractivity contribution in [1.29, 1.82) is 0 Å². The highest BCUT2D eigenvalue weighted by Crippen LogP contribution is 2.36. The Balaban J connectivity index is 1.58. The molecule has 0 unspecified atom stereocenters. The minimum absolute atomic E-state index is 0.143. The summed E-state index contributed by atoms with van der Waals surface area (Å²) in [5, 5.41) is 9.01. The number of nitrogen functional groups attached to an aromatic ring is 1. The van der Waals surface area contributed by atoms with Crippen LogP contribution in [0.2, 0.25) is 0 Å². The first-order chi connectivity index (χ1) is 14.9. The first-order valence-corrected chi connectivity index (χ1v) is 10.7. The van der Waals surface area contributed by atoms with Gasteiger partial charge >= 0.3 is 0 Å².